The van der Waals surface area contributed by atoms with E-state index < -0.39 is 12.1 Å². The van der Waals surface area contributed by atoms with E-state index >= 15 is 0 Å². The minimum absolute atomic E-state index is 0.185. The van der Waals surface area contributed by atoms with Crippen LogP contribution in [-0.4, -0.2) is 38.8 Å². The Morgan fingerprint density at radius 2 is 2.16 bits per heavy atom. The fraction of sp³-hybridized carbons (Fsp3) is 0.300. The zero-order chi connectivity index (χ0) is 22.4. The van der Waals surface area contributed by atoms with Gasteiger partial charge in [0.15, 0.2) is 10.9 Å². The van der Waals surface area contributed by atoms with Gasteiger partial charge >= 0.3 is 12.1 Å². The molecule has 9 nitrogen and oxygen atoms in total. The van der Waals surface area contributed by atoms with Gasteiger partial charge in [0.1, 0.15) is 5.82 Å². The summed E-state index contributed by atoms with van der Waals surface area (Å²) in [5.41, 5.74) is 2.02. The van der Waals surface area contributed by atoms with Crippen molar-refractivity contribution in [1.82, 2.24) is 25.0 Å². The number of hydrogen-bond donors (Lipinski definition) is 2. The van der Waals surface area contributed by atoms with Crippen molar-refractivity contribution in [3.05, 3.63) is 58.6 Å². The third-order valence-corrected chi connectivity index (χ3v) is 5.19. The van der Waals surface area contributed by atoms with Crippen LogP contribution in [0, 0.1) is 12.7 Å². The lowest BCUT2D eigenvalue weighted by atomic mass is 10.2. The van der Waals surface area contributed by atoms with Crippen LogP contribution in [0.25, 0.3) is 0 Å². The molecular weight excluding hydrogens is 423 g/mol. The van der Waals surface area contributed by atoms with Gasteiger partial charge in [-0.15, -0.1) is 11.3 Å². The van der Waals surface area contributed by atoms with Gasteiger partial charge < -0.3 is 15.0 Å². The predicted octanol–water partition coefficient (Wildman–Crippen LogP) is 3.76. The number of rotatable bonds is 7. The minimum Gasteiger partial charge on any atom is -0.407 e. The minimum atomic E-state index is -0.533. The van der Waals surface area contributed by atoms with Crippen molar-refractivity contribution >= 4 is 28.6 Å². The lowest BCUT2D eigenvalue weighted by Gasteiger charge is -2.15. The number of carbonyl (C=O) groups is 2. The normalized spacial score (nSPS) is 10.6. The molecule has 0 spiro atoms. The molecule has 31 heavy (non-hydrogen) atoms. The zero-order valence-corrected chi connectivity index (χ0v) is 18.2. The fourth-order valence-electron chi connectivity index (χ4n) is 2.74. The third kappa shape index (κ3) is 6.01. The molecular formula is C20H23FN6O3S. The van der Waals surface area contributed by atoms with Crippen LogP contribution >= 0.6 is 11.3 Å². The second-order valence-corrected chi connectivity index (χ2v) is 7.57. The van der Waals surface area contributed by atoms with Crippen LogP contribution < -0.4 is 15.4 Å². The van der Waals surface area contributed by atoms with Crippen molar-refractivity contribution < 1.29 is 18.7 Å². The Morgan fingerprint density at radius 1 is 1.35 bits per heavy atom. The first-order chi connectivity index (χ1) is 14.9. The number of amides is 3. The molecule has 0 saturated carbocycles. The molecule has 1 aromatic carbocycles. The van der Waals surface area contributed by atoms with Gasteiger partial charge in [-0.1, -0.05) is 12.1 Å². The largest absolute Gasteiger partial charge is 0.415 e. The first-order valence-corrected chi connectivity index (χ1v) is 10.4. The maximum atomic E-state index is 13.2. The number of aryl methyl sites for hydroxylation is 1. The van der Waals surface area contributed by atoms with Gasteiger partial charge in [0.05, 0.1) is 24.1 Å². The molecule has 3 rings (SSSR count). The van der Waals surface area contributed by atoms with Gasteiger partial charge in [-0.2, -0.15) is 5.10 Å². The summed E-state index contributed by atoms with van der Waals surface area (Å²) in [7, 11) is 1.60. The summed E-state index contributed by atoms with van der Waals surface area (Å²) in [5, 5.41) is 11.5. The number of anilines is 1. The van der Waals surface area contributed by atoms with Crippen LogP contribution in [0.15, 0.2) is 35.8 Å². The van der Waals surface area contributed by atoms with Crippen molar-refractivity contribution in [2.24, 2.45) is 0 Å². The summed E-state index contributed by atoms with van der Waals surface area (Å²) in [6.45, 7) is 4.86. The number of aromatic nitrogens is 3. The highest BCUT2D eigenvalue weighted by atomic mass is 32.1. The van der Waals surface area contributed by atoms with E-state index in [1.165, 1.54) is 34.6 Å². The van der Waals surface area contributed by atoms with Crippen LogP contribution in [0.4, 0.5) is 19.1 Å². The van der Waals surface area contributed by atoms with Gasteiger partial charge in [-0.3, -0.25) is 10.00 Å². The molecule has 164 valence electrons. The lowest BCUT2D eigenvalue weighted by Crippen LogP contribution is -2.29. The smallest absolute Gasteiger partial charge is 0.407 e. The second kappa shape index (κ2) is 10.0. The van der Waals surface area contributed by atoms with Gasteiger partial charge in [0.2, 0.25) is 0 Å². The molecule has 0 radical (unpaired) electrons. The second-order valence-electron chi connectivity index (χ2n) is 6.72. The van der Waals surface area contributed by atoms with Gasteiger partial charge in [0.25, 0.3) is 0 Å². The van der Waals surface area contributed by atoms with E-state index in [-0.39, 0.29) is 18.9 Å². The molecule has 0 fully saturated rings. The SMILES string of the molecule is CCn1ncc(OC(=O)N(C)Cc2csc(NC(=O)NCc3cccc(F)c3)n2)c1C. The molecule has 0 aliphatic rings. The van der Waals surface area contributed by atoms with Gasteiger partial charge in [0, 0.05) is 25.5 Å². The van der Waals surface area contributed by atoms with Crippen LogP contribution in [-0.2, 0) is 19.6 Å². The number of benzene rings is 1. The first kappa shape index (κ1) is 22.2. The molecule has 0 bridgehead atoms. The summed E-state index contributed by atoms with van der Waals surface area (Å²) in [6.07, 6.45) is 0.979. The highest BCUT2D eigenvalue weighted by molar-refractivity contribution is 7.13. The lowest BCUT2D eigenvalue weighted by molar-refractivity contribution is 0.160. The van der Waals surface area contributed by atoms with E-state index in [9.17, 15) is 14.0 Å². The maximum Gasteiger partial charge on any atom is 0.415 e. The Balaban J connectivity index is 1.48. The van der Waals surface area contributed by atoms with E-state index in [0.717, 1.165) is 5.69 Å². The first-order valence-electron chi connectivity index (χ1n) is 9.54. The highest BCUT2D eigenvalue weighted by Gasteiger charge is 2.17. The molecule has 3 aromatic rings. The van der Waals surface area contributed by atoms with E-state index in [1.807, 2.05) is 13.8 Å². The Kier molecular flexibility index (Phi) is 7.19. The molecule has 3 amide bonds. The molecule has 2 N–H and O–H groups in total. The molecule has 0 saturated heterocycles. The average molecular weight is 447 g/mol. The van der Waals surface area contributed by atoms with E-state index in [2.05, 4.69) is 20.7 Å². The monoisotopic (exact) mass is 446 g/mol. The summed E-state index contributed by atoms with van der Waals surface area (Å²) >= 11 is 1.23. The van der Waals surface area contributed by atoms with Crippen molar-refractivity contribution in [2.45, 2.75) is 33.5 Å². The van der Waals surface area contributed by atoms with E-state index in [1.54, 1.807) is 29.2 Å². The number of urea groups is 1. The fourth-order valence-corrected chi connectivity index (χ4v) is 3.43. The summed E-state index contributed by atoms with van der Waals surface area (Å²) in [5.74, 6) is 0.0515. The molecule has 0 aliphatic heterocycles. The van der Waals surface area contributed by atoms with Gasteiger partial charge in [-0.05, 0) is 31.5 Å². The summed E-state index contributed by atoms with van der Waals surface area (Å²) < 4.78 is 20.3. The summed E-state index contributed by atoms with van der Waals surface area (Å²) in [4.78, 5) is 30.0. The highest BCUT2D eigenvalue weighted by Crippen LogP contribution is 2.19. The van der Waals surface area contributed by atoms with Crippen LogP contribution in [0.3, 0.4) is 0 Å². The predicted molar refractivity (Wildman–Crippen MR) is 115 cm³/mol. The molecule has 0 aliphatic carbocycles. The molecule has 0 unspecified atom stereocenters. The van der Waals surface area contributed by atoms with Crippen LogP contribution in [0.5, 0.6) is 5.75 Å². The van der Waals surface area contributed by atoms with Crippen LogP contribution in [0.2, 0.25) is 0 Å². The average Bonchev–Trinajstić information content (AvgIpc) is 3.32. The van der Waals surface area contributed by atoms with Crippen molar-refractivity contribution in [3.63, 3.8) is 0 Å². The van der Waals surface area contributed by atoms with Crippen molar-refractivity contribution in [2.75, 3.05) is 12.4 Å². The molecule has 2 aromatic heterocycles. The Bertz CT molecular complexity index is 1070. The number of halogens is 1. The standard InChI is InChI=1S/C20H23FN6O3S/c1-4-27-13(2)17(10-23-27)30-20(29)26(3)11-16-12-31-19(24-16)25-18(28)22-9-14-6-5-7-15(21)8-14/h5-8,10,12H,4,9,11H2,1-3H3,(H2,22,24,25,28). The van der Waals surface area contributed by atoms with Crippen molar-refractivity contribution in [3.8, 4) is 5.75 Å². The summed E-state index contributed by atoms with van der Waals surface area (Å²) in [6, 6.07) is 5.53. The quantitative estimate of drug-likeness (QED) is 0.575. The zero-order valence-electron chi connectivity index (χ0n) is 17.4. The third-order valence-electron chi connectivity index (χ3n) is 4.38. The van der Waals surface area contributed by atoms with E-state index in [4.69, 9.17) is 4.74 Å². The van der Waals surface area contributed by atoms with E-state index in [0.29, 0.717) is 28.7 Å². The topological polar surface area (TPSA) is 101 Å². The number of nitrogens with one attached hydrogen (secondary N) is 2. The van der Waals surface area contributed by atoms with Gasteiger partial charge in [-0.25, -0.2) is 19.0 Å². The Morgan fingerprint density at radius 3 is 2.87 bits per heavy atom. The molecule has 11 heteroatoms. The number of thiazole rings is 1. The number of ether oxygens (including phenoxy) is 1. The number of nitrogens with zero attached hydrogens (tertiary/aromatic N) is 4. The maximum absolute atomic E-state index is 13.2. The number of hydrogen-bond acceptors (Lipinski definition) is 6. The van der Waals surface area contributed by atoms with Crippen LogP contribution in [0.1, 0.15) is 23.9 Å². The Labute approximate surface area is 182 Å². The van der Waals surface area contributed by atoms with Crippen molar-refractivity contribution in [1.29, 1.82) is 0 Å². The molecule has 0 atom stereocenters. The number of carbonyl (C=O) groups excluding carboxylic acids is 2. The Hall–Kier alpha value is -3.47. The molecule has 2 heterocycles.